The van der Waals surface area contributed by atoms with Gasteiger partial charge in [-0.1, -0.05) is 12.7 Å². The summed E-state index contributed by atoms with van der Waals surface area (Å²) in [4.78, 5) is 0. The van der Waals surface area contributed by atoms with Crippen molar-refractivity contribution in [3.63, 3.8) is 0 Å². The summed E-state index contributed by atoms with van der Waals surface area (Å²) in [6.45, 7) is 5.95. The highest BCUT2D eigenvalue weighted by molar-refractivity contribution is 5.39. The molecule has 88 valence electrons. The van der Waals surface area contributed by atoms with E-state index in [1.54, 1.807) is 0 Å². The van der Waals surface area contributed by atoms with Crippen LogP contribution in [0.1, 0.15) is 32.6 Å². The SMILES string of the molecule is C=C(C#N)/C(=C\C)COC1CCCC(O)C1. The summed E-state index contributed by atoms with van der Waals surface area (Å²) < 4.78 is 5.69. The fourth-order valence-corrected chi connectivity index (χ4v) is 1.90. The minimum Gasteiger partial charge on any atom is -0.393 e. The van der Waals surface area contributed by atoms with Gasteiger partial charge >= 0.3 is 0 Å². The smallest absolute Gasteiger partial charge is 0.0989 e. The standard InChI is InChI=1S/C13H19NO2/c1-3-11(10(2)8-14)9-16-13-6-4-5-12(15)7-13/h3,12-13,15H,2,4-7,9H2,1H3/b11-3-. The zero-order valence-electron chi connectivity index (χ0n) is 9.78. The van der Waals surface area contributed by atoms with Crippen molar-refractivity contribution in [1.29, 1.82) is 5.26 Å². The lowest BCUT2D eigenvalue weighted by Gasteiger charge is -2.26. The Kier molecular flexibility index (Phi) is 5.24. The first-order valence-electron chi connectivity index (χ1n) is 5.71. The number of nitrogens with zero attached hydrogens (tertiary/aromatic N) is 1. The minimum atomic E-state index is -0.230. The number of hydrogen-bond donors (Lipinski definition) is 1. The molecule has 2 unspecified atom stereocenters. The molecule has 3 heteroatoms. The quantitative estimate of drug-likeness (QED) is 0.585. The van der Waals surface area contributed by atoms with Gasteiger partial charge in [-0.2, -0.15) is 5.26 Å². The zero-order valence-corrected chi connectivity index (χ0v) is 9.78. The van der Waals surface area contributed by atoms with Crippen molar-refractivity contribution in [3.05, 3.63) is 23.8 Å². The molecule has 0 spiro atoms. The average Bonchev–Trinajstić information content (AvgIpc) is 2.29. The predicted octanol–water partition coefficient (Wildman–Crippen LogP) is 2.33. The third-order valence-electron chi connectivity index (χ3n) is 2.94. The van der Waals surface area contributed by atoms with Crippen LogP contribution in [0.2, 0.25) is 0 Å². The van der Waals surface area contributed by atoms with E-state index in [2.05, 4.69) is 6.58 Å². The molecule has 0 bridgehead atoms. The van der Waals surface area contributed by atoms with Gasteiger partial charge in [0.2, 0.25) is 0 Å². The molecule has 1 saturated carbocycles. The highest BCUT2D eigenvalue weighted by Crippen LogP contribution is 2.22. The molecule has 1 rings (SSSR count). The van der Waals surface area contributed by atoms with Crippen molar-refractivity contribution in [2.45, 2.75) is 44.8 Å². The first-order chi connectivity index (χ1) is 7.67. The predicted molar refractivity (Wildman–Crippen MR) is 62.7 cm³/mol. The molecule has 0 amide bonds. The Morgan fingerprint density at radius 3 is 2.94 bits per heavy atom. The number of allylic oxidation sites excluding steroid dienone is 1. The van der Waals surface area contributed by atoms with E-state index in [1.165, 1.54) is 0 Å². The number of rotatable bonds is 4. The molecule has 3 nitrogen and oxygen atoms in total. The van der Waals surface area contributed by atoms with Gasteiger partial charge in [0.1, 0.15) is 0 Å². The summed E-state index contributed by atoms with van der Waals surface area (Å²) in [5.41, 5.74) is 1.29. The van der Waals surface area contributed by atoms with Crippen LogP contribution in [0.5, 0.6) is 0 Å². The van der Waals surface area contributed by atoms with E-state index < -0.39 is 0 Å². The van der Waals surface area contributed by atoms with Crippen LogP contribution in [0, 0.1) is 11.3 Å². The van der Waals surface area contributed by atoms with Crippen LogP contribution in [0.15, 0.2) is 23.8 Å². The Bertz CT molecular complexity index is 314. The van der Waals surface area contributed by atoms with Gasteiger partial charge in [-0.05, 0) is 38.2 Å². The molecule has 0 saturated heterocycles. The third-order valence-corrected chi connectivity index (χ3v) is 2.94. The van der Waals surface area contributed by atoms with Gasteiger partial charge in [-0.15, -0.1) is 0 Å². The number of aliphatic hydroxyl groups is 1. The van der Waals surface area contributed by atoms with E-state index in [0.29, 0.717) is 18.6 Å². The van der Waals surface area contributed by atoms with Gasteiger partial charge in [0.05, 0.1) is 24.9 Å². The summed E-state index contributed by atoms with van der Waals surface area (Å²) in [5.74, 6) is 0. The molecule has 2 atom stereocenters. The fraction of sp³-hybridized carbons (Fsp3) is 0.615. The van der Waals surface area contributed by atoms with Crippen LogP contribution >= 0.6 is 0 Å². The van der Waals surface area contributed by atoms with Crippen molar-refractivity contribution < 1.29 is 9.84 Å². The van der Waals surface area contributed by atoms with Crippen molar-refractivity contribution in [3.8, 4) is 6.07 Å². The molecule has 1 fully saturated rings. The maximum Gasteiger partial charge on any atom is 0.0989 e. The normalized spacial score (nSPS) is 26.2. The first-order valence-corrected chi connectivity index (χ1v) is 5.71. The second-order valence-corrected chi connectivity index (χ2v) is 4.16. The van der Waals surface area contributed by atoms with E-state index in [4.69, 9.17) is 10.00 Å². The minimum absolute atomic E-state index is 0.116. The Balaban J connectivity index is 2.38. The Morgan fingerprint density at radius 1 is 1.62 bits per heavy atom. The number of hydrogen-bond acceptors (Lipinski definition) is 3. The van der Waals surface area contributed by atoms with E-state index in [9.17, 15) is 5.11 Å². The lowest BCUT2D eigenvalue weighted by atomic mass is 9.95. The molecular formula is C13H19NO2. The number of ether oxygens (including phenoxy) is 1. The van der Waals surface area contributed by atoms with E-state index in [-0.39, 0.29) is 12.2 Å². The Labute approximate surface area is 97.0 Å². The van der Waals surface area contributed by atoms with E-state index >= 15 is 0 Å². The van der Waals surface area contributed by atoms with Gasteiger partial charge in [0.15, 0.2) is 0 Å². The second kappa shape index (κ2) is 6.47. The third kappa shape index (κ3) is 3.80. The molecule has 0 aliphatic heterocycles. The molecule has 1 aliphatic carbocycles. The van der Waals surface area contributed by atoms with Gasteiger partial charge in [-0.25, -0.2) is 0 Å². The fourth-order valence-electron chi connectivity index (χ4n) is 1.90. The van der Waals surface area contributed by atoms with Gasteiger partial charge in [-0.3, -0.25) is 0 Å². The van der Waals surface area contributed by atoms with Gasteiger partial charge in [0, 0.05) is 5.57 Å². The van der Waals surface area contributed by atoms with Crippen LogP contribution in [-0.2, 0) is 4.74 Å². The molecule has 0 aromatic heterocycles. The number of aliphatic hydroxyl groups excluding tert-OH is 1. The summed E-state index contributed by atoms with van der Waals surface area (Å²) in [7, 11) is 0. The lowest BCUT2D eigenvalue weighted by molar-refractivity contribution is -0.00492. The van der Waals surface area contributed by atoms with Crippen molar-refractivity contribution in [1.82, 2.24) is 0 Å². The maximum absolute atomic E-state index is 9.49. The van der Waals surface area contributed by atoms with E-state index in [1.807, 2.05) is 19.1 Å². The van der Waals surface area contributed by atoms with Crippen molar-refractivity contribution in [2.75, 3.05) is 6.61 Å². The number of nitriles is 1. The van der Waals surface area contributed by atoms with Crippen molar-refractivity contribution in [2.24, 2.45) is 0 Å². The molecule has 0 aromatic rings. The summed E-state index contributed by atoms with van der Waals surface area (Å²) in [6.07, 6.45) is 5.32. The van der Waals surface area contributed by atoms with Crippen LogP contribution < -0.4 is 0 Å². The van der Waals surface area contributed by atoms with Gasteiger partial charge < -0.3 is 9.84 Å². The average molecular weight is 221 g/mol. The van der Waals surface area contributed by atoms with E-state index in [0.717, 1.165) is 24.8 Å². The second-order valence-electron chi connectivity index (χ2n) is 4.16. The monoisotopic (exact) mass is 221 g/mol. The van der Waals surface area contributed by atoms with Crippen LogP contribution in [-0.4, -0.2) is 23.9 Å². The van der Waals surface area contributed by atoms with Crippen LogP contribution in [0.3, 0.4) is 0 Å². The Morgan fingerprint density at radius 2 is 2.38 bits per heavy atom. The molecule has 1 N–H and O–H groups in total. The highest BCUT2D eigenvalue weighted by atomic mass is 16.5. The van der Waals surface area contributed by atoms with Crippen molar-refractivity contribution >= 4 is 0 Å². The van der Waals surface area contributed by atoms with Gasteiger partial charge in [0.25, 0.3) is 0 Å². The summed E-state index contributed by atoms with van der Waals surface area (Å²) in [5, 5.41) is 18.2. The molecule has 0 aromatic carbocycles. The maximum atomic E-state index is 9.49. The zero-order chi connectivity index (χ0) is 12.0. The van der Waals surface area contributed by atoms with Crippen LogP contribution in [0.4, 0.5) is 0 Å². The summed E-state index contributed by atoms with van der Waals surface area (Å²) in [6, 6.07) is 2.02. The van der Waals surface area contributed by atoms with Crippen LogP contribution in [0.25, 0.3) is 0 Å². The molecule has 16 heavy (non-hydrogen) atoms. The molecule has 0 heterocycles. The molecular weight excluding hydrogens is 202 g/mol. The summed E-state index contributed by atoms with van der Waals surface area (Å²) >= 11 is 0. The highest BCUT2D eigenvalue weighted by Gasteiger charge is 2.20. The largest absolute Gasteiger partial charge is 0.393 e. The topological polar surface area (TPSA) is 53.2 Å². The molecule has 0 radical (unpaired) electrons. The first kappa shape index (κ1) is 13.0. The molecule has 1 aliphatic rings. The lowest BCUT2D eigenvalue weighted by Crippen LogP contribution is -2.26. The Hall–Kier alpha value is -1.11.